The molecule has 1 fully saturated rings. The van der Waals surface area contributed by atoms with Crippen molar-refractivity contribution in [2.45, 2.75) is 38.9 Å². The van der Waals surface area contributed by atoms with Gasteiger partial charge in [0.1, 0.15) is 11.0 Å². The number of anilines is 2. The van der Waals surface area contributed by atoms with Crippen LogP contribution >= 0.6 is 0 Å². The molecule has 3 aromatic rings. The maximum Gasteiger partial charge on any atom is 0.293 e. The topological polar surface area (TPSA) is 119 Å². The number of piperidine rings is 1. The molecule has 0 bridgehead atoms. The van der Waals surface area contributed by atoms with Gasteiger partial charge in [0, 0.05) is 38.3 Å². The quantitative estimate of drug-likeness (QED) is 0.613. The smallest absolute Gasteiger partial charge is 0.293 e. The summed E-state index contributed by atoms with van der Waals surface area (Å²) in [5, 5.41) is 5.54. The fourth-order valence-corrected chi connectivity index (χ4v) is 5.83. The normalized spacial score (nSPS) is 20.1. The second-order valence-electron chi connectivity index (χ2n) is 8.52. The summed E-state index contributed by atoms with van der Waals surface area (Å²) in [6, 6.07) is 7.32. The number of hydrogen-bond acceptors (Lipinski definition) is 7. The molecular weight excluding hydrogens is 442 g/mol. The van der Waals surface area contributed by atoms with Gasteiger partial charge in [0.05, 0.1) is 23.8 Å². The highest BCUT2D eigenvalue weighted by atomic mass is 32.2. The average molecular weight is 470 g/mol. The zero-order chi connectivity index (χ0) is 23.3. The van der Waals surface area contributed by atoms with E-state index in [4.69, 9.17) is 10.7 Å². The standard InChI is InChI=1S/C22H27N7O3S/c1-3-28-20-18(25-22(28)27-10-6-7-16(23)13-27)11-24-29(21(20)30)12-15-14-33(31,32)26(2)19-9-5-4-8-17(15)19/h4-5,8-9,11,14,16H,3,6-7,10,12-13,23H2,1-2H3. The minimum atomic E-state index is -3.64. The maximum atomic E-state index is 13.5. The van der Waals surface area contributed by atoms with E-state index in [1.165, 1.54) is 21.4 Å². The van der Waals surface area contributed by atoms with Crippen LogP contribution in [0.3, 0.4) is 0 Å². The first kappa shape index (κ1) is 21.7. The highest BCUT2D eigenvalue weighted by Crippen LogP contribution is 2.34. The Morgan fingerprint density at radius 2 is 2.03 bits per heavy atom. The fourth-order valence-electron chi connectivity index (χ4n) is 4.68. The molecule has 2 N–H and O–H groups in total. The van der Waals surface area contributed by atoms with Gasteiger partial charge in [-0.15, -0.1) is 0 Å². The minimum Gasteiger partial charge on any atom is -0.341 e. The fraction of sp³-hybridized carbons (Fsp3) is 0.409. The van der Waals surface area contributed by atoms with Crippen molar-refractivity contribution >= 4 is 38.3 Å². The summed E-state index contributed by atoms with van der Waals surface area (Å²) in [4.78, 5) is 20.3. The third-order valence-electron chi connectivity index (χ3n) is 6.37. The number of aromatic nitrogens is 4. The number of sulfonamides is 1. The summed E-state index contributed by atoms with van der Waals surface area (Å²) in [5.74, 6) is 0.728. The highest BCUT2D eigenvalue weighted by molar-refractivity contribution is 7.95. The van der Waals surface area contributed by atoms with Gasteiger partial charge < -0.3 is 15.2 Å². The molecule has 4 heterocycles. The van der Waals surface area contributed by atoms with Gasteiger partial charge in [-0.1, -0.05) is 18.2 Å². The lowest BCUT2D eigenvalue weighted by atomic mass is 10.1. The van der Waals surface area contributed by atoms with E-state index in [0.29, 0.717) is 35.4 Å². The third-order valence-corrected chi connectivity index (χ3v) is 7.91. The molecule has 10 nitrogen and oxygen atoms in total. The number of fused-ring (bicyclic) bond motifs is 2. The van der Waals surface area contributed by atoms with Crippen LogP contribution in [0.15, 0.2) is 40.7 Å². The Kier molecular flexibility index (Phi) is 5.25. The van der Waals surface area contributed by atoms with Crippen molar-refractivity contribution in [2.75, 3.05) is 29.3 Å². The van der Waals surface area contributed by atoms with Crippen LogP contribution in [0.5, 0.6) is 0 Å². The SMILES string of the molecule is CCn1c(N2CCCC(N)C2)nc2cnn(CC3=CS(=O)(=O)N(C)c4ccccc43)c(=O)c21. The molecule has 174 valence electrons. The largest absolute Gasteiger partial charge is 0.341 e. The molecule has 2 aliphatic rings. The molecule has 0 saturated carbocycles. The highest BCUT2D eigenvalue weighted by Gasteiger charge is 2.28. The molecule has 1 atom stereocenters. The van der Waals surface area contributed by atoms with E-state index >= 15 is 0 Å². The Balaban J connectivity index is 1.59. The van der Waals surface area contributed by atoms with E-state index in [2.05, 4.69) is 10.00 Å². The monoisotopic (exact) mass is 469 g/mol. The Morgan fingerprint density at radius 1 is 1.24 bits per heavy atom. The summed E-state index contributed by atoms with van der Waals surface area (Å²) < 4.78 is 29.8. The maximum absolute atomic E-state index is 13.5. The van der Waals surface area contributed by atoms with E-state index in [0.717, 1.165) is 30.9 Å². The summed E-state index contributed by atoms with van der Waals surface area (Å²) in [6.07, 6.45) is 3.53. The van der Waals surface area contributed by atoms with Crippen molar-refractivity contribution in [2.24, 2.45) is 5.73 Å². The van der Waals surface area contributed by atoms with E-state index < -0.39 is 10.0 Å². The number of benzene rings is 1. The van der Waals surface area contributed by atoms with Crippen LogP contribution in [-0.4, -0.2) is 53.9 Å². The predicted molar refractivity (Wildman–Crippen MR) is 129 cm³/mol. The molecule has 2 aliphatic heterocycles. The molecule has 11 heteroatoms. The Morgan fingerprint density at radius 3 is 2.79 bits per heavy atom. The van der Waals surface area contributed by atoms with Gasteiger partial charge in [-0.2, -0.15) is 5.10 Å². The molecule has 0 radical (unpaired) electrons. The van der Waals surface area contributed by atoms with Crippen LogP contribution in [-0.2, 0) is 23.1 Å². The van der Waals surface area contributed by atoms with E-state index in [-0.39, 0.29) is 18.1 Å². The number of aryl methyl sites for hydroxylation is 1. The van der Waals surface area contributed by atoms with Crippen LogP contribution in [0.4, 0.5) is 11.6 Å². The molecular formula is C22H27N7O3S. The van der Waals surface area contributed by atoms with Crippen molar-refractivity contribution in [3.05, 3.63) is 51.8 Å². The van der Waals surface area contributed by atoms with Crippen molar-refractivity contribution in [3.8, 4) is 0 Å². The molecule has 1 saturated heterocycles. The first-order chi connectivity index (χ1) is 15.8. The number of imidazole rings is 1. The summed E-state index contributed by atoms with van der Waals surface area (Å²) in [6.45, 7) is 4.12. The average Bonchev–Trinajstić information content (AvgIpc) is 3.18. The summed E-state index contributed by atoms with van der Waals surface area (Å²) in [5.41, 5.74) is 8.70. The Hall–Kier alpha value is -3.18. The van der Waals surface area contributed by atoms with Gasteiger partial charge >= 0.3 is 0 Å². The number of hydrogen-bond donors (Lipinski definition) is 1. The number of nitrogens with zero attached hydrogens (tertiary/aromatic N) is 6. The van der Waals surface area contributed by atoms with Gasteiger partial charge in [-0.25, -0.2) is 18.1 Å². The van der Waals surface area contributed by atoms with E-state index in [9.17, 15) is 13.2 Å². The number of nitrogens with two attached hydrogens (primary N) is 1. The first-order valence-electron chi connectivity index (χ1n) is 11.1. The zero-order valence-corrected chi connectivity index (χ0v) is 19.5. The second kappa shape index (κ2) is 7.99. The van der Waals surface area contributed by atoms with Crippen molar-refractivity contribution in [1.29, 1.82) is 0 Å². The lowest BCUT2D eigenvalue weighted by Crippen LogP contribution is -2.44. The number of rotatable bonds is 4. The molecule has 1 unspecified atom stereocenters. The first-order valence-corrected chi connectivity index (χ1v) is 12.6. The van der Waals surface area contributed by atoms with Gasteiger partial charge in [0.2, 0.25) is 5.95 Å². The van der Waals surface area contributed by atoms with Crippen LogP contribution in [0.1, 0.15) is 25.3 Å². The van der Waals surface area contributed by atoms with Gasteiger partial charge in [0.25, 0.3) is 15.6 Å². The molecule has 0 spiro atoms. The summed E-state index contributed by atoms with van der Waals surface area (Å²) in [7, 11) is -2.12. The van der Waals surface area contributed by atoms with Crippen LogP contribution in [0, 0.1) is 0 Å². The van der Waals surface area contributed by atoms with Crippen molar-refractivity contribution in [3.63, 3.8) is 0 Å². The number of allylic oxidation sites excluding steroid dienone is 1. The third kappa shape index (κ3) is 3.61. The van der Waals surface area contributed by atoms with Gasteiger partial charge in [-0.3, -0.25) is 9.10 Å². The van der Waals surface area contributed by atoms with Gasteiger partial charge in [-0.05, 0) is 31.4 Å². The Labute approximate surface area is 192 Å². The van der Waals surface area contributed by atoms with E-state index in [1.807, 2.05) is 23.6 Å². The number of para-hydroxylation sites is 1. The Bertz CT molecular complexity index is 1420. The zero-order valence-electron chi connectivity index (χ0n) is 18.7. The van der Waals surface area contributed by atoms with Crippen LogP contribution in [0.2, 0.25) is 0 Å². The molecule has 1 aromatic carbocycles. The second-order valence-corrected chi connectivity index (χ2v) is 10.3. The van der Waals surface area contributed by atoms with Crippen molar-refractivity contribution in [1.82, 2.24) is 19.3 Å². The molecule has 33 heavy (non-hydrogen) atoms. The molecule has 0 aliphatic carbocycles. The molecule has 5 rings (SSSR count). The predicted octanol–water partition coefficient (Wildman–Crippen LogP) is 1.36. The lowest BCUT2D eigenvalue weighted by Gasteiger charge is -2.31. The molecule has 2 aromatic heterocycles. The molecule has 0 amide bonds. The lowest BCUT2D eigenvalue weighted by molar-refractivity contribution is 0.494. The van der Waals surface area contributed by atoms with Crippen molar-refractivity contribution < 1.29 is 8.42 Å². The van der Waals surface area contributed by atoms with Crippen LogP contribution < -0.4 is 20.5 Å². The minimum absolute atomic E-state index is 0.0394. The van der Waals surface area contributed by atoms with Gasteiger partial charge in [0.15, 0.2) is 0 Å². The van der Waals surface area contributed by atoms with E-state index in [1.54, 1.807) is 18.3 Å². The summed E-state index contributed by atoms with van der Waals surface area (Å²) >= 11 is 0. The van der Waals surface area contributed by atoms with Crippen LogP contribution in [0.25, 0.3) is 16.6 Å².